The van der Waals surface area contributed by atoms with Gasteiger partial charge in [-0.2, -0.15) is 0 Å². The van der Waals surface area contributed by atoms with Crippen molar-refractivity contribution in [3.63, 3.8) is 0 Å². The number of para-hydroxylation sites is 4. The number of benzene rings is 6. The summed E-state index contributed by atoms with van der Waals surface area (Å²) < 4.78 is 25.6. The van der Waals surface area contributed by atoms with Crippen LogP contribution in [0.5, 0.6) is 5.75 Å². The molecule has 3 N–H and O–H groups in total. The Hall–Kier alpha value is -8.69. The van der Waals surface area contributed by atoms with Gasteiger partial charge in [0.15, 0.2) is 0 Å². The number of esters is 1. The first-order valence-electron chi connectivity index (χ1n) is 23.9. The fraction of sp³-hybridized carbons (Fsp3) is 0.232. The number of ether oxygens (including phenoxy) is 4. The number of nitrogens with zero attached hydrogens (tertiary/aromatic N) is 6. The summed E-state index contributed by atoms with van der Waals surface area (Å²) in [6, 6.07) is 42.1. The Morgan fingerprint density at radius 1 is 0.822 bits per heavy atom. The first-order valence-corrected chi connectivity index (χ1v) is 23.9. The number of carbonyl (C=O) groups is 4. The first kappa shape index (κ1) is 46.7. The summed E-state index contributed by atoms with van der Waals surface area (Å²) >= 11 is 0. The Kier molecular flexibility index (Phi) is 12.7. The van der Waals surface area contributed by atoms with Gasteiger partial charge >= 0.3 is 12.1 Å². The van der Waals surface area contributed by atoms with Crippen LogP contribution in [0.15, 0.2) is 152 Å². The third kappa shape index (κ3) is 8.20. The lowest BCUT2D eigenvalue weighted by Crippen LogP contribution is -2.55. The van der Waals surface area contributed by atoms with Crippen molar-refractivity contribution in [2.24, 2.45) is 5.92 Å². The number of aliphatic hydroxyl groups excluding tert-OH is 1. The second kappa shape index (κ2) is 19.8. The molecule has 1 spiro atoms. The summed E-state index contributed by atoms with van der Waals surface area (Å²) in [4.78, 5) is 73.6. The van der Waals surface area contributed by atoms with Gasteiger partial charge < -0.3 is 34.4 Å². The van der Waals surface area contributed by atoms with Gasteiger partial charge in [0.05, 0.1) is 60.0 Å². The number of rotatable bonds is 13. The second-order valence-electron chi connectivity index (χ2n) is 17.8. The van der Waals surface area contributed by atoms with Gasteiger partial charge in [-0.1, -0.05) is 120 Å². The number of morpholine rings is 1. The van der Waals surface area contributed by atoms with Crippen molar-refractivity contribution < 1.29 is 43.2 Å². The van der Waals surface area contributed by atoms with E-state index >= 15 is 14.4 Å². The lowest BCUT2D eigenvalue weighted by molar-refractivity contribution is -0.178. The van der Waals surface area contributed by atoms with E-state index in [0.29, 0.717) is 39.1 Å². The molecule has 0 bridgehead atoms. The smallest absolute Gasteiger partial charge is 0.421 e. The Morgan fingerprint density at radius 3 is 2.33 bits per heavy atom. The van der Waals surface area contributed by atoms with Crippen LogP contribution in [0, 0.1) is 17.8 Å². The maximum atomic E-state index is 16.6. The highest BCUT2D eigenvalue weighted by atomic mass is 16.6. The van der Waals surface area contributed by atoms with E-state index in [1.54, 1.807) is 47.1 Å². The topological polar surface area (TPSA) is 203 Å². The number of imidazole rings is 1. The highest BCUT2D eigenvalue weighted by molar-refractivity contribution is 6.23. The van der Waals surface area contributed by atoms with Gasteiger partial charge in [-0.05, 0) is 65.2 Å². The van der Waals surface area contributed by atoms with Gasteiger partial charge in [0.25, 0.3) is 0 Å². The summed E-state index contributed by atoms with van der Waals surface area (Å²) in [5, 5.41) is 21.8. The molecule has 11 rings (SSSR count). The van der Waals surface area contributed by atoms with Gasteiger partial charge in [0, 0.05) is 18.2 Å². The van der Waals surface area contributed by atoms with Crippen molar-refractivity contribution >= 4 is 51.6 Å². The highest BCUT2D eigenvalue weighted by Crippen LogP contribution is 2.66. The van der Waals surface area contributed by atoms with Crippen molar-refractivity contribution in [1.29, 1.82) is 0 Å². The monoisotopic (exact) mass is 976 g/mol. The average Bonchev–Trinajstić information content (AvgIpc) is 4.18. The van der Waals surface area contributed by atoms with E-state index in [9.17, 15) is 9.90 Å². The minimum atomic E-state index is -2.14. The number of H-pyrrole nitrogens is 1. The van der Waals surface area contributed by atoms with Crippen LogP contribution in [0.1, 0.15) is 51.8 Å². The number of cyclic esters (lactones) is 1. The number of imide groups is 1. The van der Waals surface area contributed by atoms with Crippen LogP contribution in [-0.4, -0.2) is 98.4 Å². The molecule has 2 aromatic heterocycles. The van der Waals surface area contributed by atoms with Crippen LogP contribution in [-0.2, 0) is 47.1 Å². The number of hydrogen-bond acceptors (Lipinski definition) is 13. The number of anilines is 1. The van der Waals surface area contributed by atoms with Crippen LogP contribution in [0.4, 0.5) is 10.5 Å². The summed E-state index contributed by atoms with van der Waals surface area (Å²) in [7, 11) is 1.46. The zero-order chi connectivity index (χ0) is 50.1. The van der Waals surface area contributed by atoms with Crippen LogP contribution in [0.3, 0.4) is 0 Å². The molecular weight excluding hydrogens is 929 g/mol. The van der Waals surface area contributed by atoms with Crippen LogP contribution < -0.4 is 15.0 Å². The maximum Gasteiger partial charge on any atom is 0.421 e. The molecule has 17 heteroatoms. The zero-order valence-corrected chi connectivity index (χ0v) is 39.5. The predicted octanol–water partition coefficient (Wildman–Crippen LogP) is 6.50. The number of methoxy groups -OCH3 is 1. The average molecular weight is 977 g/mol. The largest absolute Gasteiger partial charge is 0.491 e. The summed E-state index contributed by atoms with van der Waals surface area (Å²) in [5.74, 6) is 3.23. The molecule has 6 unspecified atom stereocenters. The van der Waals surface area contributed by atoms with Gasteiger partial charge in [-0.3, -0.25) is 19.3 Å². The van der Waals surface area contributed by atoms with Gasteiger partial charge in [-0.15, -0.1) is 5.10 Å². The normalized spacial score (nSPS) is 21.1. The number of aromatic amines is 1. The maximum absolute atomic E-state index is 16.6. The van der Waals surface area contributed by atoms with Gasteiger partial charge in [0.1, 0.15) is 54.4 Å². The van der Waals surface area contributed by atoms with Crippen molar-refractivity contribution in [3.05, 3.63) is 185 Å². The summed E-state index contributed by atoms with van der Waals surface area (Å²) in [6.45, 7) is -0.584. The molecule has 5 heterocycles. The molecule has 8 aromatic rings. The molecule has 3 aliphatic rings. The van der Waals surface area contributed by atoms with E-state index < -0.39 is 59.4 Å². The lowest BCUT2D eigenvalue weighted by Gasteiger charge is -2.46. The van der Waals surface area contributed by atoms with Crippen molar-refractivity contribution in [2.75, 3.05) is 38.4 Å². The molecule has 0 saturated carbocycles. The Balaban J connectivity index is 1.17. The molecule has 2 saturated heterocycles. The van der Waals surface area contributed by atoms with Gasteiger partial charge in [0.2, 0.25) is 11.8 Å². The van der Waals surface area contributed by atoms with Crippen molar-refractivity contribution in [3.8, 4) is 17.6 Å². The van der Waals surface area contributed by atoms with Crippen molar-refractivity contribution in [1.82, 2.24) is 35.2 Å². The fourth-order valence-corrected chi connectivity index (χ4v) is 10.8. The van der Waals surface area contributed by atoms with Crippen LogP contribution in [0.2, 0.25) is 0 Å². The number of amides is 3. The number of nitrogens with one attached hydrogen (secondary N) is 2. The third-order valence-electron chi connectivity index (χ3n) is 13.7. The van der Waals surface area contributed by atoms with E-state index in [2.05, 4.69) is 32.5 Å². The number of hydrogen-bond donors (Lipinski definition) is 3. The molecule has 6 aromatic carbocycles. The standard InChI is InChI=1S/C56H48N8O9/c1-70-31-32-72-55(69)63-43-27-26-35(15-14-28-62-44-24-12-11-23-42(44)60-61-62)33-39(43)56(54(63)68)47(52(66)57-34-46-58-40-21-9-10-22-41(40)59-46)49-53(67)73-50(37-18-6-3-7-19-37)48(36-16-4-2-5-17-36)64(49)51(56)38-20-8-13-25-45(38)71-30-29-65/h2-13,16-27,33,47-51,65H,28-32,34H2,1H3,(H,57,66)(H,58,59). The second-order valence-corrected chi connectivity index (χ2v) is 17.8. The van der Waals surface area contributed by atoms with Crippen LogP contribution >= 0.6 is 0 Å². The van der Waals surface area contributed by atoms with E-state index in [-0.39, 0.29) is 56.5 Å². The number of aliphatic hydroxyl groups is 1. The highest BCUT2D eigenvalue weighted by Gasteiger charge is 2.76. The molecular formula is C56H48N8O9. The Morgan fingerprint density at radius 2 is 1.55 bits per heavy atom. The molecule has 3 aliphatic heterocycles. The third-order valence-corrected chi connectivity index (χ3v) is 13.7. The van der Waals surface area contributed by atoms with Crippen molar-refractivity contribution in [2.45, 2.75) is 42.7 Å². The fourth-order valence-electron chi connectivity index (χ4n) is 10.8. The number of carbonyl (C=O) groups excluding carboxylic acids is 4. The molecule has 0 aliphatic carbocycles. The number of fused-ring (bicyclic) bond motifs is 5. The quantitative estimate of drug-likeness (QED) is 0.0643. The lowest BCUT2D eigenvalue weighted by atomic mass is 9.65. The first-order chi connectivity index (χ1) is 35.8. The van der Waals surface area contributed by atoms with E-state index in [1.165, 1.54) is 7.11 Å². The molecule has 73 heavy (non-hydrogen) atoms. The SMILES string of the molecule is COCCOC(=O)N1C(=O)C2(c3cc(C#CCn4nnc5ccccc54)ccc31)C(C(=O)NCc1nc3ccccc3[nH]1)C1C(=O)OC(c3ccccc3)C(c3ccccc3)N1C2c1ccccc1OCCO. The number of aromatic nitrogens is 5. The van der Waals surface area contributed by atoms with E-state index in [0.717, 1.165) is 15.9 Å². The molecule has 3 amide bonds. The molecule has 0 radical (unpaired) electrons. The summed E-state index contributed by atoms with van der Waals surface area (Å²) in [5.41, 5.74) is 3.35. The Bertz CT molecular complexity index is 3410. The molecule has 6 atom stereocenters. The predicted molar refractivity (Wildman–Crippen MR) is 267 cm³/mol. The summed E-state index contributed by atoms with van der Waals surface area (Å²) in [6.07, 6.45) is -1.98. The molecule has 17 nitrogen and oxygen atoms in total. The molecule has 2 fully saturated rings. The van der Waals surface area contributed by atoms with E-state index in [4.69, 9.17) is 23.9 Å². The van der Waals surface area contributed by atoms with Crippen LogP contribution in [0.25, 0.3) is 22.1 Å². The minimum absolute atomic E-state index is 0.0354. The zero-order valence-electron chi connectivity index (χ0n) is 39.5. The minimum Gasteiger partial charge on any atom is -0.491 e. The van der Waals surface area contributed by atoms with E-state index in [1.807, 2.05) is 114 Å². The molecule has 366 valence electrons. The van der Waals surface area contributed by atoms with Gasteiger partial charge in [-0.25, -0.2) is 19.4 Å². The Labute approximate surface area is 418 Å².